The first-order valence-electron chi connectivity index (χ1n) is 6.84. The Morgan fingerprint density at radius 2 is 1.86 bits per heavy atom. The summed E-state index contributed by atoms with van der Waals surface area (Å²) in [7, 11) is 2.82. The van der Waals surface area contributed by atoms with Crippen LogP contribution in [-0.4, -0.2) is 38.7 Å². The van der Waals surface area contributed by atoms with E-state index >= 15 is 0 Å². The highest BCUT2D eigenvalue weighted by Crippen LogP contribution is 2.20. The maximum Gasteiger partial charge on any atom is 0.307 e. The predicted molar refractivity (Wildman–Crippen MR) is 86.1 cm³/mol. The van der Waals surface area contributed by atoms with Crippen molar-refractivity contribution in [2.75, 3.05) is 20.8 Å². The Hall–Kier alpha value is -1.44. The molecule has 2 unspecified atom stereocenters. The third-order valence-electron chi connectivity index (χ3n) is 3.22. The molecule has 1 aromatic rings. The Balaban J connectivity index is 2.79. The highest BCUT2D eigenvalue weighted by atomic mass is 79.9. The molecule has 0 saturated heterocycles. The third kappa shape index (κ3) is 6.13. The van der Waals surface area contributed by atoms with E-state index in [0.717, 1.165) is 10.0 Å². The van der Waals surface area contributed by atoms with Crippen molar-refractivity contribution in [2.45, 2.75) is 25.0 Å². The van der Waals surface area contributed by atoms with Crippen LogP contribution in [-0.2, 0) is 19.1 Å². The summed E-state index contributed by atoms with van der Waals surface area (Å²) in [6.07, 6.45) is -0.144. The van der Waals surface area contributed by atoms with Crippen LogP contribution in [0.4, 0.5) is 0 Å². The Morgan fingerprint density at radius 1 is 1.23 bits per heavy atom. The van der Waals surface area contributed by atoms with Gasteiger partial charge in [-0.3, -0.25) is 9.59 Å². The lowest BCUT2D eigenvalue weighted by Crippen LogP contribution is -2.35. The van der Waals surface area contributed by atoms with E-state index < -0.39 is 12.0 Å². The molecule has 0 radical (unpaired) electrons. The highest BCUT2D eigenvalue weighted by Gasteiger charge is 2.20. The molecule has 0 aliphatic carbocycles. The largest absolute Gasteiger partial charge is 0.469 e. The molecular weight excluding hydrogens is 352 g/mol. The maximum atomic E-state index is 12.1. The number of carbonyl (C=O) groups excluding carboxylic acids is 2. The summed E-state index contributed by atoms with van der Waals surface area (Å²) in [5.74, 6) is -0.621. The molecule has 0 aliphatic heterocycles. The lowest BCUT2D eigenvalue weighted by molar-refractivity contribution is -0.141. The fourth-order valence-corrected chi connectivity index (χ4v) is 2.18. The van der Waals surface area contributed by atoms with Gasteiger partial charge < -0.3 is 20.5 Å². The second-order valence-corrected chi connectivity index (χ2v) is 5.67. The van der Waals surface area contributed by atoms with E-state index in [4.69, 9.17) is 10.5 Å². The molecule has 0 heterocycles. The van der Waals surface area contributed by atoms with Gasteiger partial charge in [-0.15, -0.1) is 0 Å². The summed E-state index contributed by atoms with van der Waals surface area (Å²) < 4.78 is 10.7. The average molecular weight is 373 g/mol. The smallest absolute Gasteiger partial charge is 0.307 e. The van der Waals surface area contributed by atoms with Gasteiger partial charge in [0.1, 0.15) is 0 Å². The number of nitrogens with one attached hydrogen (secondary N) is 1. The Morgan fingerprint density at radius 3 is 2.36 bits per heavy atom. The topological polar surface area (TPSA) is 90.7 Å². The molecule has 0 spiro atoms. The molecule has 0 aliphatic rings. The predicted octanol–water partition coefficient (Wildman–Crippen LogP) is 1.53. The summed E-state index contributed by atoms with van der Waals surface area (Å²) in [5, 5.41) is 2.83. The van der Waals surface area contributed by atoms with Gasteiger partial charge in [-0.1, -0.05) is 28.1 Å². The monoisotopic (exact) mass is 372 g/mol. The van der Waals surface area contributed by atoms with Crippen LogP contribution in [0.2, 0.25) is 0 Å². The third-order valence-corrected chi connectivity index (χ3v) is 3.74. The van der Waals surface area contributed by atoms with E-state index in [0.29, 0.717) is 0 Å². The fraction of sp³-hybridized carbons (Fsp3) is 0.467. The van der Waals surface area contributed by atoms with Gasteiger partial charge >= 0.3 is 5.97 Å². The maximum absolute atomic E-state index is 12.1. The van der Waals surface area contributed by atoms with Gasteiger partial charge in [0.2, 0.25) is 5.91 Å². The molecule has 22 heavy (non-hydrogen) atoms. The van der Waals surface area contributed by atoms with Gasteiger partial charge in [-0.25, -0.2) is 0 Å². The number of benzene rings is 1. The van der Waals surface area contributed by atoms with E-state index in [1.54, 1.807) is 0 Å². The number of ether oxygens (including phenoxy) is 2. The van der Waals surface area contributed by atoms with Gasteiger partial charge in [0, 0.05) is 18.1 Å². The molecule has 0 bridgehead atoms. The van der Waals surface area contributed by atoms with Gasteiger partial charge in [0.05, 0.1) is 32.1 Å². The van der Waals surface area contributed by atoms with Crippen molar-refractivity contribution >= 4 is 27.8 Å². The van der Waals surface area contributed by atoms with Crippen LogP contribution in [0.3, 0.4) is 0 Å². The lowest BCUT2D eigenvalue weighted by atomic mass is 10.0. The zero-order valence-electron chi connectivity index (χ0n) is 12.7. The molecular formula is C15H21BrN2O4. The van der Waals surface area contributed by atoms with Crippen LogP contribution in [0.25, 0.3) is 0 Å². The van der Waals surface area contributed by atoms with Gasteiger partial charge in [-0.05, 0) is 17.7 Å². The van der Waals surface area contributed by atoms with E-state index in [9.17, 15) is 9.59 Å². The van der Waals surface area contributed by atoms with Crippen molar-refractivity contribution in [1.29, 1.82) is 0 Å². The number of amides is 1. The molecule has 3 N–H and O–H groups in total. The van der Waals surface area contributed by atoms with Gasteiger partial charge in [0.15, 0.2) is 0 Å². The van der Waals surface area contributed by atoms with E-state index in [1.807, 2.05) is 24.3 Å². The highest BCUT2D eigenvalue weighted by molar-refractivity contribution is 9.10. The first-order valence-corrected chi connectivity index (χ1v) is 7.64. The number of halogens is 1. The van der Waals surface area contributed by atoms with Gasteiger partial charge in [0.25, 0.3) is 0 Å². The van der Waals surface area contributed by atoms with E-state index in [2.05, 4.69) is 26.0 Å². The molecule has 6 nitrogen and oxygen atoms in total. The van der Waals surface area contributed by atoms with Crippen molar-refractivity contribution in [1.82, 2.24) is 5.32 Å². The minimum absolute atomic E-state index is 0.0597. The molecule has 2 atom stereocenters. The van der Waals surface area contributed by atoms with Crippen LogP contribution >= 0.6 is 15.9 Å². The zero-order valence-corrected chi connectivity index (χ0v) is 14.3. The first-order chi connectivity index (χ1) is 10.5. The van der Waals surface area contributed by atoms with Crippen LogP contribution in [0, 0.1) is 0 Å². The molecule has 0 saturated carbocycles. The minimum Gasteiger partial charge on any atom is -0.469 e. The SMILES string of the molecule is COC(=O)CC(NC(=O)CC(CN)OC)c1ccc(Br)cc1. The van der Waals surface area contributed by atoms with Crippen molar-refractivity contribution in [3.63, 3.8) is 0 Å². The molecule has 1 rings (SSSR count). The second kappa shape index (κ2) is 9.55. The van der Waals surface area contributed by atoms with E-state index in [-0.39, 0.29) is 31.4 Å². The minimum atomic E-state index is -0.455. The molecule has 1 amide bonds. The summed E-state index contributed by atoms with van der Waals surface area (Å²) in [6.45, 7) is 0.254. The second-order valence-electron chi connectivity index (χ2n) is 4.75. The molecule has 1 aromatic carbocycles. The molecule has 0 fully saturated rings. The van der Waals surface area contributed by atoms with Crippen LogP contribution in [0.1, 0.15) is 24.4 Å². The van der Waals surface area contributed by atoms with Crippen molar-refractivity contribution in [3.8, 4) is 0 Å². The summed E-state index contributed by atoms with van der Waals surface area (Å²) in [4.78, 5) is 23.6. The van der Waals surface area contributed by atoms with Crippen molar-refractivity contribution in [3.05, 3.63) is 34.3 Å². The fourth-order valence-electron chi connectivity index (χ4n) is 1.92. The number of hydrogen-bond donors (Lipinski definition) is 2. The number of esters is 1. The van der Waals surface area contributed by atoms with Crippen molar-refractivity contribution in [2.24, 2.45) is 5.73 Å². The Labute approximate surface area is 138 Å². The number of nitrogens with two attached hydrogens (primary N) is 1. The van der Waals surface area contributed by atoms with Crippen molar-refractivity contribution < 1.29 is 19.1 Å². The normalized spacial score (nSPS) is 13.3. The number of methoxy groups -OCH3 is 2. The summed E-state index contributed by atoms with van der Waals surface area (Å²) >= 11 is 3.35. The molecule has 0 aromatic heterocycles. The Bertz CT molecular complexity index is 489. The Kier molecular flexibility index (Phi) is 8.08. The van der Waals surface area contributed by atoms with Crippen LogP contribution in [0.15, 0.2) is 28.7 Å². The summed E-state index contributed by atoms with van der Waals surface area (Å²) in [6, 6.07) is 6.93. The lowest BCUT2D eigenvalue weighted by Gasteiger charge is -2.20. The van der Waals surface area contributed by atoms with E-state index in [1.165, 1.54) is 14.2 Å². The molecule has 7 heteroatoms. The standard InChI is InChI=1S/C15H21BrN2O4/c1-21-12(9-17)7-14(19)18-13(8-15(20)22-2)10-3-5-11(16)6-4-10/h3-6,12-13H,7-9,17H2,1-2H3,(H,18,19). The van der Waals surface area contributed by atoms with Crippen LogP contribution < -0.4 is 11.1 Å². The van der Waals surface area contributed by atoms with Crippen LogP contribution in [0.5, 0.6) is 0 Å². The average Bonchev–Trinajstić information content (AvgIpc) is 2.52. The number of carbonyl (C=O) groups is 2. The quantitative estimate of drug-likeness (QED) is 0.675. The number of hydrogen-bond acceptors (Lipinski definition) is 5. The molecule has 122 valence electrons. The zero-order chi connectivity index (χ0) is 16.5. The first kappa shape index (κ1) is 18.6. The summed E-state index contributed by atoms with van der Waals surface area (Å²) in [5.41, 5.74) is 6.33. The number of rotatable bonds is 8. The van der Waals surface area contributed by atoms with Gasteiger partial charge in [-0.2, -0.15) is 0 Å².